The summed E-state index contributed by atoms with van der Waals surface area (Å²) < 4.78 is 1.20. The normalized spacial score (nSPS) is 25.9. The van der Waals surface area contributed by atoms with Crippen molar-refractivity contribution in [2.24, 2.45) is 5.41 Å². The molecule has 2 aromatic rings. The number of carbonyl (C=O) groups excluding carboxylic acids is 1. The van der Waals surface area contributed by atoms with Gasteiger partial charge in [0.2, 0.25) is 0 Å². The first-order chi connectivity index (χ1) is 9.76. The molecule has 3 heterocycles. The summed E-state index contributed by atoms with van der Waals surface area (Å²) in [4.78, 5) is 15.6. The maximum absolute atomic E-state index is 12.7. The van der Waals surface area contributed by atoms with Crippen LogP contribution in [0.5, 0.6) is 0 Å². The highest BCUT2D eigenvalue weighted by Crippen LogP contribution is 2.37. The smallest absolute Gasteiger partial charge is 0.263 e. The number of nitrogens with zero attached hydrogens (tertiary/aromatic N) is 1. The molecular weight excluding hydrogens is 268 g/mol. The SMILES string of the molecule is O=C(c1cc2ccccc2s1)N1CCC2(CCNC2)C1. The molecule has 1 spiro atoms. The first-order valence-electron chi connectivity index (χ1n) is 7.24. The Balaban J connectivity index is 1.58. The lowest BCUT2D eigenvalue weighted by Crippen LogP contribution is -2.32. The van der Waals surface area contributed by atoms with E-state index >= 15 is 0 Å². The highest BCUT2D eigenvalue weighted by atomic mass is 32.1. The molecule has 0 radical (unpaired) electrons. The molecule has 1 aromatic carbocycles. The van der Waals surface area contributed by atoms with E-state index in [0.29, 0.717) is 5.41 Å². The third-order valence-electron chi connectivity index (χ3n) is 4.69. The summed E-state index contributed by atoms with van der Waals surface area (Å²) in [7, 11) is 0. The highest BCUT2D eigenvalue weighted by molar-refractivity contribution is 7.20. The minimum atomic E-state index is 0.218. The summed E-state index contributed by atoms with van der Waals surface area (Å²) in [6.45, 7) is 4.01. The van der Waals surface area contributed by atoms with E-state index in [1.165, 1.54) is 16.5 Å². The van der Waals surface area contributed by atoms with Crippen molar-refractivity contribution < 1.29 is 4.79 Å². The lowest BCUT2D eigenvalue weighted by atomic mass is 9.87. The van der Waals surface area contributed by atoms with E-state index < -0.39 is 0 Å². The van der Waals surface area contributed by atoms with Crippen molar-refractivity contribution in [2.75, 3.05) is 26.2 Å². The van der Waals surface area contributed by atoms with E-state index in [2.05, 4.69) is 22.3 Å². The fraction of sp³-hybridized carbons (Fsp3) is 0.438. The average Bonchev–Trinajstić information content (AvgIpc) is 3.19. The number of benzene rings is 1. The maximum Gasteiger partial charge on any atom is 0.263 e. The van der Waals surface area contributed by atoms with Crippen molar-refractivity contribution in [3.63, 3.8) is 0 Å². The van der Waals surface area contributed by atoms with Gasteiger partial charge in [0.1, 0.15) is 0 Å². The quantitative estimate of drug-likeness (QED) is 0.874. The van der Waals surface area contributed by atoms with Gasteiger partial charge in [0.25, 0.3) is 5.91 Å². The van der Waals surface area contributed by atoms with E-state index in [1.54, 1.807) is 11.3 Å². The summed E-state index contributed by atoms with van der Waals surface area (Å²) in [5.41, 5.74) is 0.354. The van der Waals surface area contributed by atoms with Gasteiger partial charge < -0.3 is 10.2 Å². The second kappa shape index (κ2) is 4.57. The highest BCUT2D eigenvalue weighted by Gasteiger charge is 2.42. The lowest BCUT2D eigenvalue weighted by Gasteiger charge is -2.22. The number of likely N-dealkylation sites (tertiary alicyclic amines) is 1. The zero-order valence-electron chi connectivity index (χ0n) is 11.4. The topological polar surface area (TPSA) is 32.3 Å². The summed E-state index contributed by atoms with van der Waals surface area (Å²) in [6.07, 6.45) is 2.36. The minimum absolute atomic E-state index is 0.218. The van der Waals surface area contributed by atoms with Gasteiger partial charge >= 0.3 is 0 Å². The second-order valence-electron chi connectivity index (χ2n) is 6.05. The predicted octanol–water partition coefficient (Wildman–Crippen LogP) is 2.73. The molecule has 104 valence electrons. The van der Waals surface area contributed by atoms with Gasteiger partial charge in [-0.15, -0.1) is 11.3 Å². The molecule has 0 bridgehead atoms. The second-order valence-corrected chi connectivity index (χ2v) is 7.14. The molecule has 1 atom stereocenters. The van der Waals surface area contributed by atoms with Crippen LogP contribution in [0.3, 0.4) is 0 Å². The van der Waals surface area contributed by atoms with Gasteiger partial charge in [-0.2, -0.15) is 0 Å². The molecule has 3 nitrogen and oxygen atoms in total. The molecule has 4 heteroatoms. The number of thiophene rings is 1. The van der Waals surface area contributed by atoms with E-state index in [4.69, 9.17) is 0 Å². The van der Waals surface area contributed by atoms with E-state index in [0.717, 1.165) is 37.5 Å². The van der Waals surface area contributed by atoms with Crippen LogP contribution in [-0.4, -0.2) is 37.0 Å². The molecule has 1 N–H and O–H groups in total. The Labute approximate surface area is 122 Å². The number of carbonyl (C=O) groups is 1. The molecule has 2 fully saturated rings. The molecule has 2 aliphatic heterocycles. The monoisotopic (exact) mass is 286 g/mol. The number of hydrogen-bond acceptors (Lipinski definition) is 3. The van der Waals surface area contributed by atoms with Crippen LogP contribution < -0.4 is 5.32 Å². The van der Waals surface area contributed by atoms with Gasteiger partial charge in [-0.3, -0.25) is 4.79 Å². The van der Waals surface area contributed by atoms with Crippen LogP contribution in [0.2, 0.25) is 0 Å². The van der Waals surface area contributed by atoms with E-state index in [9.17, 15) is 4.79 Å². The summed E-state index contributed by atoms with van der Waals surface area (Å²) >= 11 is 1.62. The zero-order chi connectivity index (χ0) is 13.6. The summed E-state index contributed by atoms with van der Waals surface area (Å²) in [5.74, 6) is 0.218. The van der Waals surface area contributed by atoms with Crippen LogP contribution in [0.25, 0.3) is 10.1 Å². The van der Waals surface area contributed by atoms with E-state index in [1.807, 2.05) is 18.2 Å². The van der Waals surface area contributed by atoms with Crippen molar-refractivity contribution in [1.29, 1.82) is 0 Å². The van der Waals surface area contributed by atoms with Crippen LogP contribution >= 0.6 is 11.3 Å². The molecule has 2 saturated heterocycles. The molecule has 1 amide bonds. The van der Waals surface area contributed by atoms with Crippen LogP contribution in [0.1, 0.15) is 22.5 Å². The largest absolute Gasteiger partial charge is 0.337 e. The van der Waals surface area contributed by atoms with Crippen molar-refractivity contribution >= 4 is 27.3 Å². The van der Waals surface area contributed by atoms with Gasteiger partial charge in [-0.1, -0.05) is 18.2 Å². The Kier molecular flexibility index (Phi) is 2.82. The van der Waals surface area contributed by atoms with Crippen molar-refractivity contribution in [3.05, 3.63) is 35.2 Å². The molecule has 4 rings (SSSR count). The lowest BCUT2D eigenvalue weighted by molar-refractivity contribution is 0.0780. The van der Waals surface area contributed by atoms with Crippen LogP contribution in [0, 0.1) is 5.41 Å². The third kappa shape index (κ3) is 1.95. The fourth-order valence-electron chi connectivity index (χ4n) is 3.50. The van der Waals surface area contributed by atoms with Gasteiger partial charge in [-0.25, -0.2) is 0 Å². The molecule has 1 aromatic heterocycles. The zero-order valence-corrected chi connectivity index (χ0v) is 12.2. The Morgan fingerprint density at radius 1 is 1.30 bits per heavy atom. The van der Waals surface area contributed by atoms with Crippen molar-refractivity contribution in [3.8, 4) is 0 Å². The molecule has 0 aliphatic carbocycles. The fourth-order valence-corrected chi connectivity index (χ4v) is 4.53. The standard InChI is InChI=1S/C16H18N2OS/c19-15(14-9-12-3-1-2-4-13(12)20-14)18-8-6-16(11-18)5-7-17-10-16/h1-4,9,17H,5-8,10-11H2. The molecule has 1 unspecified atom stereocenters. The minimum Gasteiger partial charge on any atom is -0.337 e. The third-order valence-corrected chi connectivity index (χ3v) is 5.80. The molecule has 2 aliphatic rings. The number of hydrogen-bond donors (Lipinski definition) is 1. The van der Waals surface area contributed by atoms with Gasteiger partial charge in [0, 0.05) is 29.7 Å². The molecule has 0 saturated carbocycles. The summed E-state index contributed by atoms with van der Waals surface area (Å²) in [5, 5.41) is 4.62. The Morgan fingerprint density at radius 2 is 2.20 bits per heavy atom. The van der Waals surface area contributed by atoms with Crippen LogP contribution in [0.4, 0.5) is 0 Å². The number of amides is 1. The summed E-state index contributed by atoms with van der Waals surface area (Å²) in [6, 6.07) is 10.3. The van der Waals surface area contributed by atoms with Crippen molar-refractivity contribution in [1.82, 2.24) is 10.2 Å². The molecule has 20 heavy (non-hydrogen) atoms. The number of nitrogens with one attached hydrogen (secondary N) is 1. The predicted molar refractivity (Wildman–Crippen MR) is 82.3 cm³/mol. The van der Waals surface area contributed by atoms with E-state index in [-0.39, 0.29) is 5.91 Å². The maximum atomic E-state index is 12.7. The Hall–Kier alpha value is -1.39. The molecular formula is C16H18N2OS. The number of rotatable bonds is 1. The number of fused-ring (bicyclic) bond motifs is 1. The van der Waals surface area contributed by atoms with Gasteiger partial charge in [0.15, 0.2) is 0 Å². The van der Waals surface area contributed by atoms with Crippen molar-refractivity contribution in [2.45, 2.75) is 12.8 Å². The first-order valence-corrected chi connectivity index (χ1v) is 8.06. The average molecular weight is 286 g/mol. The van der Waals surface area contributed by atoms with Crippen LogP contribution in [-0.2, 0) is 0 Å². The van der Waals surface area contributed by atoms with Gasteiger partial charge in [0.05, 0.1) is 4.88 Å². The van der Waals surface area contributed by atoms with Crippen LogP contribution in [0.15, 0.2) is 30.3 Å². The van der Waals surface area contributed by atoms with Gasteiger partial charge in [-0.05, 0) is 36.9 Å². The Morgan fingerprint density at radius 3 is 3.00 bits per heavy atom. The Bertz CT molecular complexity index is 624. The first kappa shape index (κ1) is 12.4.